The van der Waals surface area contributed by atoms with E-state index in [9.17, 15) is 22.4 Å². The van der Waals surface area contributed by atoms with Crippen LogP contribution in [0.25, 0.3) is 0 Å². The van der Waals surface area contributed by atoms with Crippen LogP contribution in [-0.2, 0) is 9.53 Å². The van der Waals surface area contributed by atoms with Crippen molar-refractivity contribution in [2.45, 2.75) is 12.3 Å². The number of carbonyl (C=O) groups is 1. The van der Waals surface area contributed by atoms with Crippen molar-refractivity contribution in [1.29, 1.82) is 0 Å². The number of carbonyl (C=O) groups excluding carboxylic acids is 1. The molecule has 0 spiro atoms. The van der Waals surface area contributed by atoms with Crippen molar-refractivity contribution in [3.8, 4) is 0 Å². The lowest BCUT2D eigenvalue weighted by Gasteiger charge is -2.10. The Kier molecular flexibility index (Phi) is 3.72. The molecule has 0 aromatic carbocycles. The summed E-state index contributed by atoms with van der Waals surface area (Å²) in [5, 5.41) is 0. The third-order valence-corrected chi connectivity index (χ3v) is 0.838. The minimum atomic E-state index is -5.20. The second-order valence-corrected chi connectivity index (χ2v) is 1.82. The van der Waals surface area contributed by atoms with E-state index < -0.39 is 24.9 Å². The van der Waals surface area contributed by atoms with Crippen LogP contribution in [0.4, 0.5) is 17.6 Å². The Bertz CT molecular complexity index is 175. The summed E-state index contributed by atoms with van der Waals surface area (Å²) in [4.78, 5) is 10.2. The van der Waals surface area contributed by atoms with E-state index in [1.807, 2.05) is 0 Å². The molecule has 0 aromatic heterocycles. The summed E-state index contributed by atoms with van der Waals surface area (Å²) in [6, 6.07) is 0. The monoisotopic (exact) mass is 186 g/mol. The van der Waals surface area contributed by atoms with Gasteiger partial charge in [0, 0.05) is 0 Å². The SMILES string of the molecule is C=CCOC(=O)C(F)C(F)(F)F. The van der Waals surface area contributed by atoms with Gasteiger partial charge < -0.3 is 4.74 Å². The minimum Gasteiger partial charge on any atom is -0.459 e. The van der Waals surface area contributed by atoms with Gasteiger partial charge in [-0.2, -0.15) is 13.2 Å². The molecular weight excluding hydrogens is 180 g/mol. The molecule has 0 saturated carbocycles. The number of esters is 1. The van der Waals surface area contributed by atoms with Crippen molar-refractivity contribution in [1.82, 2.24) is 0 Å². The molecule has 6 heteroatoms. The average Bonchev–Trinajstić information content (AvgIpc) is 1.97. The van der Waals surface area contributed by atoms with E-state index in [4.69, 9.17) is 0 Å². The van der Waals surface area contributed by atoms with Crippen molar-refractivity contribution in [2.24, 2.45) is 0 Å². The topological polar surface area (TPSA) is 26.3 Å². The molecule has 0 radical (unpaired) electrons. The maximum atomic E-state index is 12.0. The van der Waals surface area contributed by atoms with Crippen molar-refractivity contribution < 1.29 is 27.1 Å². The molecule has 0 bridgehead atoms. The second kappa shape index (κ2) is 4.08. The van der Waals surface area contributed by atoms with Crippen molar-refractivity contribution >= 4 is 5.97 Å². The lowest BCUT2D eigenvalue weighted by Crippen LogP contribution is -2.34. The lowest BCUT2D eigenvalue weighted by atomic mass is 10.4. The lowest BCUT2D eigenvalue weighted by molar-refractivity contribution is -0.200. The molecular formula is C6H6F4O2. The zero-order valence-electron chi connectivity index (χ0n) is 5.90. The predicted molar refractivity (Wildman–Crippen MR) is 32.1 cm³/mol. The van der Waals surface area contributed by atoms with E-state index in [1.165, 1.54) is 0 Å². The highest BCUT2D eigenvalue weighted by Crippen LogP contribution is 2.23. The molecule has 2 nitrogen and oxygen atoms in total. The molecule has 0 saturated heterocycles. The van der Waals surface area contributed by atoms with Crippen LogP contribution in [0.5, 0.6) is 0 Å². The first kappa shape index (κ1) is 10.9. The summed E-state index contributed by atoms with van der Waals surface area (Å²) < 4.78 is 50.1. The molecule has 0 aliphatic carbocycles. The summed E-state index contributed by atoms with van der Waals surface area (Å²) in [6.07, 6.45) is -7.73. The van der Waals surface area contributed by atoms with Crippen molar-refractivity contribution in [2.75, 3.05) is 6.61 Å². The molecule has 0 amide bonds. The number of rotatable bonds is 3. The molecule has 0 aromatic rings. The van der Waals surface area contributed by atoms with Crippen molar-refractivity contribution in [3.05, 3.63) is 12.7 Å². The van der Waals surface area contributed by atoms with Gasteiger partial charge in [0.25, 0.3) is 6.17 Å². The number of hydrogen-bond donors (Lipinski definition) is 0. The molecule has 1 atom stereocenters. The maximum absolute atomic E-state index is 12.0. The Morgan fingerprint density at radius 1 is 1.58 bits per heavy atom. The predicted octanol–water partition coefficient (Wildman–Crippen LogP) is 1.62. The van der Waals surface area contributed by atoms with Gasteiger partial charge in [0.2, 0.25) is 0 Å². The van der Waals surface area contributed by atoms with Gasteiger partial charge in [-0.05, 0) is 0 Å². The molecule has 0 aliphatic rings. The molecule has 0 aliphatic heterocycles. The third-order valence-electron chi connectivity index (χ3n) is 0.838. The average molecular weight is 186 g/mol. The van der Waals surface area contributed by atoms with Gasteiger partial charge in [-0.25, -0.2) is 9.18 Å². The Labute approximate surface area is 65.8 Å². The Morgan fingerprint density at radius 3 is 2.42 bits per heavy atom. The highest BCUT2D eigenvalue weighted by atomic mass is 19.4. The normalized spacial score (nSPS) is 13.7. The maximum Gasteiger partial charge on any atom is 0.430 e. The van der Waals surface area contributed by atoms with Crippen LogP contribution in [0.1, 0.15) is 0 Å². The zero-order valence-corrected chi connectivity index (χ0v) is 5.90. The van der Waals surface area contributed by atoms with Gasteiger partial charge >= 0.3 is 12.1 Å². The standard InChI is InChI=1S/C6H6F4O2/c1-2-3-12-5(11)4(7)6(8,9)10/h2,4H,1,3H2. The Morgan fingerprint density at radius 2 is 2.08 bits per heavy atom. The van der Waals surface area contributed by atoms with Crippen LogP contribution in [-0.4, -0.2) is 24.9 Å². The summed E-state index contributed by atoms with van der Waals surface area (Å²) in [5.74, 6) is -1.94. The highest BCUT2D eigenvalue weighted by Gasteiger charge is 2.46. The summed E-state index contributed by atoms with van der Waals surface area (Å²) in [6.45, 7) is 2.64. The number of hydrogen-bond acceptors (Lipinski definition) is 2. The van der Waals surface area contributed by atoms with Gasteiger partial charge in [-0.3, -0.25) is 0 Å². The molecule has 0 rings (SSSR count). The summed E-state index contributed by atoms with van der Waals surface area (Å²) >= 11 is 0. The quantitative estimate of drug-likeness (QED) is 0.380. The fraction of sp³-hybridized carbons (Fsp3) is 0.500. The van der Waals surface area contributed by atoms with Crippen LogP contribution in [0, 0.1) is 0 Å². The smallest absolute Gasteiger partial charge is 0.430 e. The summed E-state index contributed by atoms with van der Waals surface area (Å²) in [5.41, 5.74) is 0. The van der Waals surface area contributed by atoms with E-state index in [0.717, 1.165) is 6.08 Å². The number of ether oxygens (including phenoxy) is 1. The Balaban J connectivity index is 4.02. The van der Waals surface area contributed by atoms with Crippen LogP contribution in [0.2, 0.25) is 0 Å². The number of halogens is 4. The molecule has 0 N–H and O–H groups in total. The van der Waals surface area contributed by atoms with Crippen LogP contribution >= 0.6 is 0 Å². The van der Waals surface area contributed by atoms with Crippen molar-refractivity contribution in [3.63, 3.8) is 0 Å². The molecule has 70 valence electrons. The first-order valence-corrected chi connectivity index (χ1v) is 2.88. The fourth-order valence-electron chi connectivity index (χ4n) is 0.348. The molecule has 0 heterocycles. The van der Waals surface area contributed by atoms with Gasteiger partial charge in [0.1, 0.15) is 6.61 Å². The van der Waals surface area contributed by atoms with Crippen LogP contribution < -0.4 is 0 Å². The fourth-order valence-corrected chi connectivity index (χ4v) is 0.348. The largest absolute Gasteiger partial charge is 0.459 e. The van der Waals surface area contributed by atoms with E-state index >= 15 is 0 Å². The van der Waals surface area contributed by atoms with Gasteiger partial charge in [0.15, 0.2) is 0 Å². The van der Waals surface area contributed by atoms with Gasteiger partial charge in [-0.1, -0.05) is 12.7 Å². The molecule has 0 fully saturated rings. The highest BCUT2D eigenvalue weighted by molar-refractivity contribution is 5.75. The second-order valence-electron chi connectivity index (χ2n) is 1.82. The van der Waals surface area contributed by atoms with Gasteiger partial charge in [-0.15, -0.1) is 0 Å². The zero-order chi connectivity index (χ0) is 9.78. The first-order valence-electron chi connectivity index (χ1n) is 2.88. The van der Waals surface area contributed by atoms with E-state index in [2.05, 4.69) is 11.3 Å². The molecule has 12 heavy (non-hydrogen) atoms. The third kappa shape index (κ3) is 3.36. The van der Waals surface area contributed by atoms with Crippen LogP contribution in [0.15, 0.2) is 12.7 Å². The molecule has 1 unspecified atom stereocenters. The van der Waals surface area contributed by atoms with E-state index in [0.29, 0.717) is 0 Å². The first-order chi connectivity index (χ1) is 5.39. The van der Waals surface area contributed by atoms with Crippen LogP contribution in [0.3, 0.4) is 0 Å². The minimum absolute atomic E-state index is 0.435. The van der Waals surface area contributed by atoms with E-state index in [1.54, 1.807) is 0 Å². The number of alkyl halides is 4. The van der Waals surface area contributed by atoms with E-state index in [-0.39, 0.29) is 0 Å². The Hall–Kier alpha value is -1.07. The van der Waals surface area contributed by atoms with Gasteiger partial charge in [0.05, 0.1) is 0 Å². The summed E-state index contributed by atoms with van der Waals surface area (Å²) in [7, 11) is 0.